The number of likely N-dealkylation sites (N-methyl/N-ethyl adjacent to an activating group) is 1. The van der Waals surface area contributed by atoms with Crippen molar-refractivity contribution in [1.29, 1.82) is 0 Å². The van der Waals surface area contributed by atoms with Crippen molar-refractivity contribution in [3.05, 3.63) is 30.1 Å². The molecule has 0 bridgehead atoms. The van der Waals surface area contributed by atoms with E-state index in [0.717, 1.165) is 31.6 Å². The van der Waals surface area contributed by atoms with Crippen molar-refractivity contribution in [3.63, 3.8) is 0 Å². The van der Waals surface area contributed by atoms with Gasteiger partial charge < -0.3 is 15.1 Å². The number of benzene rings is 1. The van der Waals surface area contributed by atoms with Crippen LogP contribution in [0.25, 0.3) is 0 Å². The van der Waals surface area contributed by atoms with E-state index in [1.807, 2.05) is 7.05 Å². The lowest BCUT2D eigenvalue weighted by Gasteiger charge is -2.38. The SMILES string of the molecule is CN(C(=O)[C@@H]1CCC(=O)N1)C1CCN(c2ccc(F)cc2)CC1. The van der Waals surface area contributed by atoms with E-state index in [2.05, 4.69) is 10.2 Å². The summed E-state index contributed by atoms with van der Waals surface area (Å²) >= 11 is 0. The summed E-state index contributed by atoms with van der Waals surface area (Å²) in [6, 6.07) is 6.36. The number of anilines is 1. The normalized spacial score (nSPS) is 22.1. The van der Waals surface area contributed by atoms with Gasteiger partial charge in [0.2, 0.25) is 11.8 Å². The molecule has 0 radical (unpaired) electrons. The minimum atomic E-state index is -0.359. The summed E-state index contributed by atoms with van der Waals surface area (Å²) in [5.74, 6) is -0.258. The molecule has 2 heterocycles. The lowest BCUT2D eigenvalue weighted by Crippen LogP contribution is -2.50. The average Bonchev–Trinajstić information content (AvgIpc) is 3.01. The third-order valence-corrected chi connectivity index (χ3v) is 4.84. The van der Waals surface area contributed by atoms with Gasteiger partial charge in [-0.2, -0.15) is 0 Å². The summed E-state index contributed by atoms with van der Waals surface area (Å²) in [5, 5.41) is 2.74. The first-order valence-corrected chi connectivity index (χ1v) is 8.11. The molecule has 0 unspecified atom stereocenters. The Bertz CT molecular complexity index is 582. The van der Waals surface area contributed by atoms with Gasteiger partial charge in [0.25, 0.3) is 0 Å². The third kappa shape index (κ3) is 3.46. The predicted molar refractivity (Wildman–Crippen MR) is 85.6 cm³/mol. The van der Waals surface area contributed by atoms with Crippen molar-refractivity contribution in [2.75, 3.05) is 25.0 Å². The highest BCUT2D eigenvalue weighted by Gasteiger charge is 2.33. The van der Waals surface area contributed by atoms with Crippen molar-refractivity contribution in [2.24, 2.45) is 0 Å². The maximum absolute atomic E-state index is 13.0. The lowest BCUT2D eigenvalue weighted by molar-refractivity contribution is -0.135. The Morgan fingerprint density at radius 3 is 2.43 bits per heavy atom. The second-order valence-corrected chi connectivity index (χ2v) is 6.30. The molecule has 1 aromatic carbocycles. The molecule has 6 heteroatoms. The van der Waals surface area contributed by atoms with Crippen molar-refractivity contribution in [3.8, 4) is 0 Å². The molecule has 3 rings (SSSR count). The Hall–Kier alpha value is -2.11. The topological polar surface area (TPSA) is 52.7 Å². The molecule has 2 fully saturated rings. The van der Waals surface area contributed by atoms with Crippen LogP contribution in [0.4, 0.5) is 10.1 Å². The Balaban J connectivity index is 1.54. The molecule has 124 valence electrons. The Kier molecular flexibility index (Phi) is 4.50. The molecule has 2 aliphatic rings. The highest BCUT2D eigenvalue weighted by atomic mass is 19.1. The highest BCUT2D eigenvalue weighted by Crippen LogP contribution is 2.23. The number of carbonyl (C=O) groups is 2. The monoisotopic (exact) mass is 319 g/mol. The van der Waals surface area contributed by atoms with E-state index in [9.17, 15) is 14.0 Å². The van der Waals surface area contributed by atoms with Crippen LogP contribution in [0.15, 0.2) is 24.3 Å². The first-order valence-electron chi connectivity index (χ1n) is 8.11. The molecule has 2 aliphatic heterocycles. The number of carbonyl (C=O) groups excluding carboxylic acids is 2. The zero-order chi connectivity index (χ0) is 16.4. The number of nitrogens with zero attached hydrogens (tertiary/aromatic N) is 2. The third-order valence-electron chi connectivity index (χ3n) is 4.84. The van der Waals surface area contributed by atoms with Gasteiger partial charge in [0, 0.05) is 38.3 Å². The van der Waals surface area contributed by atoms with Crippen LogP contribution < -0.4 is 10.2 Å². The fourth-order valence-electron chi connectivity index (χ4n) is 3.39. The minimum absolute atomic E-state index is 0.0103. The Labute approximate surface area is 135 Å². The highest BCUT2D eigenvalue weighted by molar-refractivity contribution is 5.90. The smallest absolute Gasteiger partial charge is 0.245 e. The largest absolute Gasteiger partial charge is 0.371 e. The van der Waals surface area contributed by atoms with E-state index in [1.54, 1.807) is 17.0 Å². The molecule has 2 amide bonds. The van der Waals surface area contributed by atoms with Gasteiger partial charge in [0.15, 0.2) is 0 Å². The molecule has 0 aliphatic carbocycles. The second-order valence-electron chi connectivity index (χ2n) is 6.30. The van der Waals surface area contributed by atoms with Crippen molar-refractivity contribution < 1.29 is 14.0 Å². The van der Waals surface area contributed by atoms with Gasteiger partial charge in [-0.3, -0.25) is 9.59 Å². The molecule has 1 atom stereocenters. The summed E-state index contributed by atoms with van der Waals surface area (Å²) in [5.41, 5.74) is 1.02. The number of hydrogen-bond donors (Lipinski definition) is 1. The van der Waals surface area contributed by atoms with E-state index < -0.39 is 0 Å². The molecule has 23 heavy (non-hydrogen) atoms. The van der Waals surface area contributed by atoms with Crippen LogP contribution in [0.1, 0.15) is 25.7 Å². The van der Waals surface area contributed by atoms with Gasteiger partial charge in [0.05, 0.1) is 0 Å². The van der Waals surface area contributed by atoms with Gasteiger partial charge in [-0.1, -0.05) is 0 Å². The molecule has 0 aromatic heterocycles. The van der Waals surface area contributed by atoms with Gasteiger partial charge in [0.1, 0.15) is 11.9 Å². The Morgan fingerprint density at radius 2 is 1.87 bits per heavy atom. The Morgan fingerprint density at radius 1 is 1.22 bits per heavy atom. The molecular weight excluding hydrogens is 297 g/mol. The number of nitrogens with one attached hydrogen (secondary N) is 1. The van der Waals surface area contributed by atoms with Crippen molar-refractivity contribution in [2.45, 2.75) is 37.8 Å². The zero-order valence-corrected chi connectivity index (χ0v) is 13.3. The average molecular weight is 319 g/mol. The summed E-state index contributed by atoms with van der Waals surface area (Å²) in [7, 11) is 1.82. The predicted octanol–water partition coefficient (Wildman–Crippen LogP) is 1.53. The van der Waals surface area contributed by atoms with Gasteiger partial charge >= 0.3 is 0 Å². The van der Waals surface area contributed by atoms with Gasteiger partial charge in [-0.05, 0) is 43.5 Å². The first kappa shape index (κ1) is 15.8. The van der Waals surface area contributed by atoms with Crippen molar-refractivity contribution in [1.82, 2.24) is 10.2 Å². The standard InChI is InChI=1S/C17H22FN3O2/c1-20(17(23)15-6-7-16(22)19-15)13-8-10-21(11-9-13)14-4-2-12(18)3-5-14/h2-5,13,15H,6-11H2,1H3,(H,19,22)/t15-/m0/s1. The molecule has 0 saturated carbocycles. The molecule has 1 aromatic rings. The van der Waals surface area contributed by atoms with Crippen LogP contribution in [0.2, 0.25) is 0 Å². The van der Waals surface area contributed by atoms with E-state index in [1.165, 1.54) is 12.1 Å². The molecular formula is C17H22FN3O2. The second kappa shape index (κ2) is 6.56. The quantitative estimate of drug-likeness (QED) is 0.919. The van der Waals surface area contributed by atoms with Crippen LogP contribution in [0, 0.1) is 5.82 Å². The number of hydrogen-bond acceptors (Lipinski definition) is 3. The summed E-state index contributed by atoms with van der Waals surface area (Å²) in [6.07, 6.45) is 2.78. The van der Waals surface area contributed by atoms with Crippen LogP contribution in [-0.2, 0) is 9.59 Å². The van der Waals surface area contributed by atoms with Crippen LogP contribution >= 0.6 is 0 Å². The van der Waals surface area contributed by atoms with E-state index in [4.69, 9.17) is 0 Å². The fourth-order valence-corrected chi connectivity index (χ4v) is 3.39. The van der Waals surface area contributed by atoms with Crippen LogP contribution in [0.3, 0.4) is 0 Å². The fraction of sp³-hybridized carbons (Fsp3) is 0.529. The van der Waals surface area contributed by atoms with Crippen LogP contribution in [0.5, 0.6) is 0 Å². The van der Waals surface area contributed by atoms with Gasteiger partial charge in [-0.25, -0.2) is 4.39 Å². The molecule has 0 spiro atoms. The number of halogens is 1. The number of rotatable bonds is 3. The van der Waals surface area contributed by atoms with Gasteiger partial charge in [-0.15, -0.1) is 0 Å². The number of amides is 2. The molecule has 1 N–H and O–H groups in total. The number of piperidine rings is 1. The first-order chi connectivity index (χ1) is 11.0. The lowest BCUT2D eigenvalue weighted by atomic mass is 10.0. The summed E-state index contributed by atoms with van der Waals surface area (Å²) < 4.78 is 13.0. The van der Waals surface area contributed by atoms with E-state index in [0.29, 0.717) is 12.8 Å². The maximum atomic E-state index is 13.0. The molecule has 2 saturated heterocycles. The summed E-state index contributed by atoms with van der Waals surface area (Å²) in [4.78, 5) is 27.7. The minimum Gasteiger partial charge on any atom is -0.371 e. The van der Waals surface area contributed by atoms with E-state index in [-0.39, 0.29) is 29.7 Å². The van der Waals surface area contributed by atoms with Crippen LogP contribution in [-0.4, -0.2) is 48.9 Å². The van der Waals surface area contributed by atoms with E-state index >= 15 is 0 Å². The maximum Gasteiger partial charge on any atom is 0.245 e. The molecule has 5 nitrogen and oxygen atoms in total. The summed E-state index contributed by atoms with van der Waals surface area (Å²) in [6.45, 7) is 1.68. The van der Waals surface area contributed by atoms with Crippen molar-refractivity contribution >= 4 is 17.5 Å². The zero-order valence-electron chi connectivity index (χ0n) is 13.3.